The molecule has 0 atom stereocenters. The highest BCUT2D eigenvalue weighted by atomic mass is 32.2. The number of aromatic amines is 1. The van der Waals surface area contributed by atoms with Gasteiger partial charge in [0.05, 0.1) is 6.61 Å². The molecule has 0 saturated heterocycles. The van der Waals surface area contributed by atoms with Crippen molar-refractivity contribution < 1.29 is 13.5 Å². The highest BCUT2D eigenvalue weighted by molar-refractivity contribution is 7.89. The van der Waals surface area contributed by atoms with Crippen LogP contribution >= 0.6 is 0 Å². The molecule has 7 heteroatoms. The Kier molecular flexibility index (Phi) is 4.27. The van der Waals surface area contributed by atoms with Gasteiger partial charge in [-0.25, -0.2) is 8.42 Å². The van der Waals surface area contributed by atoms with Crippen LogP contribution in [0.4, 0.5) is 0 Å². The van der Waals surface area contributed by atoms with Gasteiger partial charge in [-0.2, -0.15) is 9.40 Å². The summed E-state index contributed by atoms with van der Waals surface area (Å²) in [6.07, 6.45) is 4.54. The Morgan fingerprint density at radius 2 is 2.05 bits per heavy atom. The quantitative estimate of drug-likeness (QED) is 0.846. The molecule has 0 radical (unpaired) electrons. The van der Waals surface area contributed by atoms with Crippen LogP contribution < -0.4 is 0 Å². The minimum absolute atomic E-state index is 0.0482. The molecule has 0 amide bonds. The van der Waals surface area contributed by atoms with E-state index >= 15 is 0 Å². The summed E-state index contributed by atoms with van der Waals surface area (Å²) in [7, 11) is -2.04. The summed E-state index contributed by atoms with van der Waals surface area (Å²) < 4.78 is 26.2. The highest BCUT2D eigenvalue weighted by Gasteiger charge is 2.30. The Bertz CT molecular complexity index is 532. The standard InChI is InChI=1S/C12H21N3O3S/c1-9-11(8-16)12(14-13-9)19(17,18)15(2)7-10-5-3-4-6-10/h10,16H,3-8H2,1-2H3,(H,13,14). The van der Waals surface area contributed by atoms with Gasteiger partial charge in [0.2, 0.25) is 0 Å². The Balaban J connectivity index is 2.20. The van der Waals surface area contributed by atoms with E-state index in [1.807, 2.05) is 0 Å². The number of hydrogen-bond donors (Lipinski definition) is 2. The maximum absolute atomic E-state index is 12.4. The van der Waals surface area contributed by atoms with E-state index in [9.17, 15) is 13.5 Å². The number of nitrogens with zero attached hydrogens (tertiary/aromatic N) is 2. The smallest absolute Gasteiger partial charge is 0.262 e. The summed E-state index contributed by atoms with van der Waals surface area (Å²) >= 11 is 0. The normalized spacial score (nSPS) is 17.5. The summed E-state index contributed by atoms with van der Waals surface area (Å²) in [5.74, 6) is 0.442. The maximum Gasteiger partial charge on any atom is 0.262 e. The van der Waals surface area contributed by atoms with Gasteiger partial charge in [-0.05, 0) is 25.7 Å². The lowest BCUT2D eigenvalue weighted by Crippen LogP contribution is -2.32. The van der Waals surface area contributed by atoms with Crippen molar-refractivity contribution in [2.24, 2.45) is 5.92 Å². The first-order chi connectivity index (χ1) is 8.96. The molecule has 1 aromatic heterocycles. The predicted octanol–water partition coefficient (Wildman–Crippen LogP) is 1.02. The second-order valence-corrected chi connectivity index (χ2v) is 7.19. The molecule has 0 aliphatic heterocycles. The van der Waals surface area contributed by atoms with Gasteiger partial charge in [-0.3, -0.25) is 5.10 Å². The molecule has 2 N–H and O–H groups in total. The first kappa shape index (κ1) is 14.5. The van der Waals surface area contributed by atoms with E-state index in [4.69, 9.17) is 0 Å². The number of aliphatic hydroxyl groups is 1. The molecule has 0 spiro atoms. The van der Waals surface area contributed by atoms with Gasteiger partial charge in [0.15, 0.2) is 5.03 Å². The van der Waals surface area contributed by atoms with Crippen molar-refractivity contribution in [1.29, 1.82) is 0 Å². The summed E-state index contributed by atoms with van der Waals surface area (Å²) in [5, 5.41) is 15.7. The van der Waals surface area contributed by atoms with Crippen LogP contribution in [0, 0.1) is 12.8 Å². The van der Waals surface area contributed by atoms with Crippen molar-refractivity contribution in [3.63, 3.8) is 0 Å². The van der Waals surface area contributed by atoms with Gasteiger partial charge in [0, 0.05) is 24.8 Å². The number of rotatable bonds is 5. The van der Waals surface area contributed by atoms with E-state index in [2.05, 4.69) is 10.2 Å². The summed E-state index contributed by atoms with van der Waals surface area (Å²) in [5.41, 5.74) is 0.952. The molecule has 1 aliphatic carbocycles. The third kappa shape index (κ3) is 2.82. The third-order valence-electron chi connectivity index (χ3n) is 3.84. The van der Waals surface area contributed by atoms with Crippen LogP contribution in [-0.2, 0) is 16.6 Å². The van der Waals surface area contributed by atoms with Crippen molar-refractivity contribution in [2.45, 2.75) is 44.2 Å². The lowest BCUT2D eigenvalue weighted by molar-refractivity contribution is 0.277. The molecule has 0 aromatic carbocycles. The van der Waals surface area contributed by atoms with Gasteiger partial charge >= 0.3 is 0 Å². The average Bonchev–Trinajstić information content (AvgIpc) is 2.98. The minimum Gasteiger partial charge on any atom is -0.392 e. The van der Waals surface area contributed by atoms with Gasteiger partial charge in [-0.15, -0.1) is 0 Å². The molecule has 1 heterocycles. The number of aryl methyl sites for hydroxylation is 1. The molecule has 0 bridgehead atoms. The summed E-state index contributed by atoms with van der Waals surface area (Å²) in [6.45, 7) is 1.90. The molecule has 1 aliphatic rings. The first-order valence-corrected chi connectivity index (χ1v) is 8.02. The number of hydrogen-bond acceptors (Lipinski definition) is 4. The zero-order chi connectivity index (χ0) is 14.0. The summed E-state index contributed by atoms with van der Waals surface area (Å²) in [6, 6.07) is 0. The molecule has 2 rings (SSSR count). The number of nitrogens with one attached hydrogen (secondary N) is 1. The van der Waals surface area contributed by atoms with E-state index in [0.29, 0.717) is 23.7 Å². The molecule has 0 unspecified atom stereocenters. The zero-order valence-corrected chi connectivity index (χ0v) is 12.2. The maximum atomic E-state index is 12.4. The Labute approximate surface area is 113 Å². The third-order valence-corrected chi connectivity index (χ3v) is 5.63. The fourth-order valence-electron chi connectivity index (χ4n) is 2.63. The largest absolute Gasteiger partial charge is 0.392 e. The van der Waals surface area contributed by atoms with Crippen LogP contribution in [0.2, 0.25) is 0 Å². The predicted molar refractivity (Wildman–Crippen MR) is 71.0 cm³/mol. The van der Waals surface area contributed by atoms with E-state index in [0.717, 1.165) is 12.8 Å². The monoisotopic (exact) mass is 287 g/mol. The molecular formula is C12H21N3O3S. The van der Waals surface area contributed by atoms with Crippen LogP contribution in [-0.4, -0.2) is 41.6 Å². The number of aliphatic hydroxyl groups excluding tert-OH is 1. The fraction of sp³-hybridized carbons (Fsp3) is 0.750. The molecule has 1 aromatic rings. The number of H-pyrrole nitrogens is 1. The number of sulfonamides is 1. The molecular weight excluding hydrogens is 266 g/mol. The number of aromatic nitrogens is 2. The van der Waals surface area contributed by atoms with Crippen molar-refractivity contribution in [2.75, 3.05) is 13.6 Å². The van der Waals surface area contributed by atoms with E-state index in [-0.39, 0.29) is 11.6 Å². The Hall–Kier alpha value is -0.920. The lowest BCUT2D eigenvalue weighted by atomic mass is 10.1. The van der Waals surface area contributed by atoms with E-state index < -0.39 is 10.0 Å². The van der Waals surface area contributed by atoms with Gasteiger partial charge in [0.1, 0.15) is 0 Å². The minimum atomic E-state index is -3.62. The Morgan fingerprint density at radius 1 is 1.42 bits per heavy atom. The van der Waals surface area contributed by atoms with Gasteiger partial charge in [-0.1, -0.05) is 12.8 Å². The average molecular weight is 287 g/mol. The summed E-state index contributed by atoms with van der Waals surface area (Å²) in [4.78, 5) is 0. The molecule has 108 valence electrons. The Morgan fingerprint density at radius 3 is 2.63 bits per heavy atom. The SMILES string of the molecule is Cc1[nH]nc(S(=O)(=O)N(C)CC2CCCC2)c1CO. The van der Waals surface area contributed by atoms with Crippen molar-refractivity contribution in [1.82, 2.24) is 14.5 Å². The van der Waals surface area contributed by atoms with Crippen molar-refractivity contribution >= 4 is 10.0 Å². The molecule has 1 fully saturated rings. The topological polar surface area (TPSA) is 86.3 Å². The van der Waals surface area contributed by atoms with Crippen molar-refractivity contribution in [3.05, 3.63) is 11.3 Å². The zero-order valence-electron chi connectivity index (χ0n) is 11.4. The van der Waals surface area contributed by atoms with Gasteiger partial charge in [0.25, 0.3) is 10.0 Å². The van der Waals surface area contributed by atoms with Crippen LogP contribution in [0.3, 0.4) is 0 Å². The second-order valence-electron chi connectivity index (χ2n) is 5.23. The second kappa shape index (κ2) is 5.60. The fourth-order valence-corrected chi connectivity index (χ4v) is 4.02. The van der Waals surface area contributed by atoms with Crippen LogP contribution in [0.5, 0.6) is 0 Å². The van der Waals surface area contributed by atoms with Crippen molar-refractivity contribution in [3.8, 4) is 0 Å². The van der Waals surface area contributed by atoms with Crippen LogP contribution in [0.15, 0.2) is 5.03 Å². The van der Waals surface area contributed by atoms with Crippen LogP contribution in [0.25, 0.3) is 0 Å². The lowest BCUT2D eigenvalue weighted by Gasteiger charge is -2.20. The van der Waals surface area contributed by atoms with Crippen LogP contribution in [0.1, 0.15) is 36.9 Å². The highest BCUT2D eigenvalue weighted by Crippen LogP contribution is 2.27. The van der Waals surface area contributed by atoms with E-state index in [1.165, 1.54) is 17.1 Å². The van der Waals surface area contributed by atoms with Gasteiger partial charge < -0.3 is 5.11 Å². The molecule has 19 heavy (non-hydrogen) atoms. The first-order valence-electron chi connectivity index (χ1n) is 6.58. The molecule has 1 saturated carbocycles. The van der Waals surface area contributed by atoms with E-state index in [1.54, 1.807) is 14.0 Å². The molecule has 6 nitrogen and oxygen atoms in total.